The Morgan fingerprint density at radius 2 is 2.07 bits per heavy atom. The second-order valence-electron chi connectivity index (χ2n) is 5.63. The molecule has 0 radical (unpaired) electrons. The highest BCUT2D eigenvalue weighted by atomic mass is 32.2. The molecule has 3 rings (SSSR count). The number of nitrogens with one attached hydrogen (secondary N) is 1. The van der Waals surface area contributed by atoms with E-state index in [1.165, 1.54) is 11.3 Å². The number of hydrogen-bond acceptors (Lipinski definition) is 7. The van der Waals surface area contributed by atoms with Gasteiger partial charge in [-0.05, 0) is 23.6 Å². The van der Waals surface area contributed by atoms with E-state index in [-0.39, 0.29) is 18.1 Å². The third-order valence-electron chi connectivity index (χ3n) is 3.53. The smallest absolute Gasteiger partial charge is 0.246 e. The van der Waals surface area contributed by atoms with Crippen molar-refractivity contribution in [3.63, 3.8) is 0 Å². The molecule has 28 heavy (non-hydrogen) atoms. The van der Waals surface area contributed by atoms with Gasteiger partial charge in [0.2, 0.25) is 27.6 Å². The van der Waals surface area contributed by atoms with Crippen LogP contribution in [0.4, 0.5) is 14.5 Å². The summed E-state index contributed by atoms with van der Waals surface area (Å²) in [6, 6.07) is 6.19. The number of rotatable bonds is 7. The molecule has 1 N–H and O–H groups in total. The summed E-state index contributed by atoms with van der Waals surface area (Å²) < 4.78 is 56.1. The quantitative estimate of drug-likeness (QED) is 0.618. The van der Waals surface area contributed by atoms with E-state index in [1.807, 2.05) is 17.5 Å². The normalized spacial score (nSPS) is 11.4. The summed E-state index contributed by atoms with van der Waals surface area (Å²) in [4.78, 5) is 17.1. The van der Waals surface area contributed by atoms with Gasteiger partial charge in [-0.15, -0.1) is 11.3 Å². The van der Waals surface area contributed by atoms with Gasteiger partial charge in [0, 0.05) is 6.07 Å². The van der Waals surface area contributed by atoms with Gasteiger partial charge in [0.25, 0.3) is 0 Å². The van der Waals surface area contributed by atoms with E-state index in [0.717, 1.165) is 23.3 Å². The zero-order valence-corrected chi connectivity index (χ0v) is 16.1. The Morgan fingerprint density at radius 3 is 2.71 bits per heavy atom. The van der Waals surface area contributed by atoms with E-state index in [4.69, 9.17) is 4.52 Å². The minimum Gasteiger partial charge on any atom is -0.345 e. The molecule has 0 fully saturated rings. The highest BCUT2D eigenvalue weighted by Crippen LogP contribution is 2.22. The molecule has 0 aliphatic rings. The average molecular weight is 428 g/mol. The molecule has 0 bridgehead atoms. The maximum Gasteiger partial charge on any atom is 0.246 e. The molecule has 12 heteroatoms. The Hall–Kier alpha value is -2.86. The summed E-state index contributed by atoms with van der Waals surface area (Å²) in [5.41, 5.74) is -0.172. The van der Waals surface area contributed by atoms with Gasteiger partial charge >= 0.3 is 0 Å². The van der Waals surface area contributed by atoms with E-state index in [2.05, 4.69) is 15.5 Å². The number of sulfonamides is 1. The lowest BCUT2D eigenvalue weighted by atomic mass is 10.3. The number of nitrogens with zero attached hydrogens (tertiary/aromatic N) is 3. The lowest BCUT2D eigenvalue weighted by Crippen LogP contribution is -2.40. The Kier molecular flexibility index (Phi) is 5.70. The molecule has 2 aromatic heterocycles. The van der Waals surface area contributed by atoms with Gasteiger partial charge in [-0.3, -0.25) is 9.10 Å². The first-order valence-electron chi connectivity index (χ1n) is 7.80. The summed E-state index contributed by atoms with van der Waals surface area (Å²) >= 11 is 1.42. The topological polar surface area (TPSA) is 105 Å². The Bertz CT molecular complexity index is 1080. The number of carbonyl (C=O) groups excluding carboxylic acids is 1. The number of amides is 1. The molecule has 1 aromatic carbocycles. The number of aromatic nitrogens is 2. The number of benzene rings is 1. The summed E-state index contributed by atoms with van der Waals surface area (Å²) in [5.74, 6) is -2.53. The van der Waals surface area contributed by atoms with E-state index in [0.29, 0.717) is 16.2 Å². The number of hydrogen-bond donors (Lipinski definition) is 1. The predicted octanol–water partition coefficient (Wildman–Crippen LogP) is 2.16. The fourth-order valence-corrected chi connectivity index (χ4v) is 3.73. The monoisotopic (exact) mass is 428 g/mol. The van der Waals surface area contributed by atoms with Crippen molar-refractivity contribution in [1.29, 1.82) is 0 Å². The highest BCUT2D eigenvalue weighted by Gasteiger charge is 2.22. The van der Waals surface area contributed by atoms with Gasteiger partial charge in [0.1, 0.15) is 6.54 Å². The SMILES string of the molecule is CS(=O)(=O)N(CC(=O)NCc1nc(-c2cccs2)no1)c1ccc(F)c(F)c1. The lowest BCUT2D eigenvalue weighted by molar-refractivity contribution is -0.119. The van der Waals surface area contributed by atoms with Crippen LogP contribution in [0.15, 0.2) is 40.2 Å². The molecule has 3 aromatic rings. The molecule has 0 aliphatic carbocycles. The third-order valence-corrected chi connectivity index (χ3v) is 5.53. The Balaban J connectivity index is 1.66. The molecule has 0 spiro atoms. The largest absolute Gasteiger partial charge is 0.345 e. The first kappa shape index (κ1) is 19.9. The third kappa shape index (κ3) is 4.70. The average Bonchev–Trinajstić information content (AvgIpc) is 3.30. The van der Waals surface area contributed by atoms with Crippen LogP contribution in [-0.4, -0.2) is 37.3 Å². The van der Waals surface area contributed by atoms with Gasteiger partial charge in [-0.2, -0.15) is 4.98 Å². The summed E-state index contributed by atoms with van der Waals surface area (Å²) in [6.07, 6.45) is 0.854. The van der Waals surface area contributed by atoms with Gasteiger partial charge in [0.15, 0.2) is 11.6 Å². The zero-order valence-electron chi connectivity index (χ0n) is 14.4. The lowest BCUT2D eigenvalue weighted by Gasteiger charge is -2.21. The van der Waals surface area contributed by atoms with Crippen molar-refractivity contribution >= 4 is 33.0 Å². The molecule has 1 amide bonds. The van der Waals surface area contributed by atoms with Crippen molar-refractivity contribution in [1.82, 2.24) is 15.5 Å². The van der Waals surface area contributed by atoms with Gasteiger partial charge in [0.05, 0.1) is 23.4 Å². The minimum atomic E-state index is -3.92. The number of halogens is 2. The maximum absolute atomic E-state index is 13.4. The molecule has 0 aliphatic heterocycles. The van der Waals surface area contributed by atoms with Crippen molar-refractivity contribution in [2.75, 3.05) is 17.1 Å². The molecule has 2 heterocycles. The van der Waals surface area contributed by atoms with E-state index in [9.17, 15) is 22.0 Å². The van der Waals surface area contributed by atoms with Crippen LogP contribution in [-0.2, 0) is 21.4 Å². The molecule has 8 nitrogen and oxygen atoms in total. The van der Waals surface area contributed by atoms with Gasteiger partial charge in [-0.1, -0.05) is 11.2 Å². The molecular formula is C16H14F2N4O4S2. The van der Waals surface area contributed by atoms with Crippen LogP contribution in [0, 0.1) is 11.6 Å². The van der Waals surface area contributed by atoms with Crippen LogP contribution < -0.4 is 9.62 Å². The van der Waals surface area contributed by atoms with E-state index >= 15 is 0 Å². The van der Waals surface area contributed by atoms with Crippen molar-refractivity contribution < 1.29 is 26.5 Å². The van der Waals surface area contributed by atoms with Crippen LogP contribution in [0.1, 0.15) is 5.89 Å². The summed E-state index contributed by atoms with van der Waals surface area (Å²) in [5, 5.41) is 8.09. The standard InChI is InChI=1S/C16H14F2N4O4S2/c1-28(24,25)22(10-4-5-11(17)12(18)7-10)9-14(23)19-8-15-20-16(21-26-15)13-3-2-6-27-13/h2-7H,8-9H2,1H3,(H,19,23). The van der Waals surface area contributed by atoms with E-state index in [1.54, 1.807) is 0 Å². The fourth-order valence-electron chi connectivity index (χ4n) is 2.23. The molecule has 0 atom stereocenters. The Morgan fingerprint density at radius 1 is 1.29 bits per heavy atom. The van der Waals surface area contributed by atoms with Crippen LogP contribution in [0.5, 0.6) is 0 Å². The second-order valence-corrected chi connectivity index (χ2v) is 8.49. The van der Waals surface area contributed by atoms with Crippen LogP contribution in [0.2, 0.25) is 0 Å². The first-order chi connectivity index (χ1) is 13.2. The number of thiophene rings is 1. The predicted molar refractivity (Wildman–Crippen MR) is 98.0 cm³/mol. The van der Waals surface area contributed by atoms with Crippen molar-refractivity contribution in [3.05, 3.63) is 53.2 Å². The fraction of sp³-hybridized carbons (Fsp3) is 0.188. The first-order valence-corrected chi connectivity index (χ1v) is 10.5. The second kappa shape index (κ2) is 8.02. The summed E-state index contributed by atoms with van der Waals surface area (Å²) in [7, 11) is -3.92. The van der Waals surface area contributed by atoms with Crippen molar-refractivity contribution in [2.24, 2.45) is 0 Å². The molecule has 0 unspecified atom stereocenters. The molecular weight excluding hydrogens is 414 g/mol. The van der Waals surface area contributed by atoms with Crippen LogP contribution in [0.3, 0.4) is 0 Å². The molecule has 0 saturated carbocycles. The summed E-state index contributed by atoms with van der Waals surface area (Å²) in [6.45, 7) is -0.748. The van der Waals surface area contributed by atoms with Gasteiger partial charge in [-0.25, -0.2) is 17.2 Å². The van der Waals surface area contributed by atoms with Crippen molar-refractivity contribution in [2.45, 2.75) is 6.54 Å². The van der Waals surface area contributed by atoms with E-state index < -0.39 is 34.1 Å². The minimum absolute atomic E-state index is 0.118. The molecule has 0 saturated heterocycles. The van der Waals surface area contributed by atoms with Gasteiger partial charge < -0.3 is 9.84 Å². The van der Waals surface area contributed by atoms with Crippen LogP contribution >= 0.6 is 11.3 Å². The Labute approximate surface area is 162 Å². The number of carbonyl (C=O) groups is 1. The van der Waals surface area contributed by atoms with Crippen LogP contribution in [0.25, 0.3) is 10.7 Å². The highest BCUT2D eigenvalue weighted by molar-refractivity contribution is 7.92. The number of anilines is 1. The molecule has 148 valence electrons. The maximum atomic E-state index is 13.4. The zero-order chi connectivity index (χ0) is 20.3. The van der Waals surface area contributed by atoms with Crippen molar-refractivity contribution in [3.8, 4) is 10.7 Å².